The van der Waals surface area contributed by atoms with Crippen molar-refractivity contribution >= 4 is 23.8 Å². The molecule has 0 fully saturated rings. The number of hydrogen-bond donors (Lipinski definition) is 0. The van der Waals surface area contributed by atoms with Crippen molar-refractivity contribution in [1.82, 2.24) is 4.90 Å². The second-order valence-corrected chi connectivity index (χ2v) is 9.48. The fourth-order valence-electron chi connectivity index (χ4n) is 3.69. The molecule has 0 aromatic heterocycles. The Kier molecular flexibility index (Phi) is 6.52. The first kappa shape index (κ1) is 19.6. The Hall–Kier alpha value is -2.73. The summed E-state index contributed by atoms with van der Waals surface area (Å²) >= 11 is 0. The van der Waals surface area contributed by atoms with Gasteiger partial charge in [-0.05, 0) is 42.0 Å². The van der Waals surface area contributed by atoms with E-state index in [4.69, 9.17) is 0 Å². The Morgan fingerprint density at radius 3 is 1.62 bits per heavy atom. The monoisotopic (exact) mass is 395 g/mol. The van der Waals surface area contributed by atoms with Gasteiger partial charge >= 0.3 is 0 Å². The Labute approximate surface area is 175 Å². The summed E-state index contributed by atoms with van der Waals surface area (Å²) in [6.45, 7) is 1.88. The van der Waals surface area contributed by atoms with E-state index in [0.717, 1.165) is 13.1 Å². The summed E-state index contributed by atoms with van der Waals surface area (Å²) in [7, 11) is 1.62. The number of rotatable bonds is 7. The van der Waals surface area contributed by atoms with E-state index in [1.807, 2.05) is 0 Å². The summed E-state index contributed by atoms with van der Waals surface area (Å²) < 4.78 is 0. The minimum absolute atomic E-state index is 0.583. The lowest BCUT2D eigenvalue weighted by atomic mass is 10.2. The average Bonchev–Trinajstić information content (AvgIpc) is 2.77. The molecule has 4 aromatic rings. The molecule has 2 heteroatoms. The Bertz CT molecular complexity index is 976. The zero-order valence-corrected chi connectivity index (χ0v) is 17.7. The summed E-state index contributed by atoms with van der Waals surface area (Å²) in [5, 5.41) is 4.23. The first-order chi connectivity index (χ1) is 14.3. The standard InChI is InChI=1S/C27H26NP/c1-28(21-23-13-5-2-6-14-23)22-24-15-11-12-20-27(24)29(25-16-7-3-8-17-25)26-18-9-4-10-19-26/h2-20H,21-22H2,1H3. The zero-order valence-electron chi connectivity index (χ0n) is 16.8. The smallest absolute Gasteiger partial charge is 0.0240 e. The van der Waals surface area contributed by atoms with Crippen molar-refractivity contribution in [1.29, 1.82) is 0 Å². The number of hydrogen-bond acceptors (Lipinski definition) is 1. The summed E-state index contributed by atoms with van der Waals surface area (Å²) in [5.74, 6) is 0. The van der Waals surface area contributed by atoms with E-state index in [0.29, 0.717) is 0 Å². The van der Waals surface area contributed by atoms with Crippen molar-refractivity contribution in [2.75, 3.05) is 7.05 Å². The number of benzene rings is 4. The van der Waals surface area contributed by atoms with E-state index >= 15 is 0 Å². The summed E-state index contributed by atoms with van der Waals surface area (Å²) in [6, 6.07) is 41.5. The Morgan fingerprint density at radius 2 is 1.03 bits per heavy atom. The molecule has 144 valence electrons. The highest BCUT2D eigenvalue weighted by Gasteiger charge is 2.19. The lowest BCUT2D eigenvalue weighted by molar-refractivity contribution is 0.320. The molecular formula is C27H26NP. The molecule has 0 N–H and O–H groups in total. The Morgan fingerprint density at radius 1 is 0.552 bits per heavy atom. The lowest BCUT2D eigenvalue weighted by Crippen LogP contribution is -2.26. The third-order valence-electron chi connectivity index (χ3n) is 5.00. The molecule has 0 amide bonds. The van der Waals surface area contributed by atoms with Crippen LogP contribution < -0.4 is 15.9 Å². The van der Waals surface area contributed by atoms with Crippen LogP contribution in [0.2, 0.25) is 0 Å². The van der Waals surface area contributed by atoms with E-state index < -0.39 is 7.92 Å². The summed E-state index contributed by atoms with van der Waals surface area (Å²) in [5.41, 5.74) is 2.76. The van der Waals surface area contributed by atoms with Crippen molar-refractivity contribution < 1.29 is 0 Å². The number of nitrogens with zero attached hydrogens (tertiary/aromatic N) is 1. The second-order valence-electron chi connectivity index (χ2n) is 7.29. The molecule has 0 radical (unpaired) electrons. The fourth-order valence-corrected chi connectivity index (χ4v) is 6.15. The van der Waals surface area contributed by atoms with Gasteiger partial charge in [0.15, 0.2) is 0 Å². The molecule has 1 nitrogen and oxygen atoms in total. The molecule has 0 unspecified atom stereocenters. The topological polar surface area (TPSA) is 3.24 Å². The van der Waals surface area contributed by atoms with Gasteiger partial charge in [0.2, 0.25) is 0 Å². The molecule has 0 saturated carbocycles. The predicted molar refractivity (Wildman–Crippen MR) is 127 cm³/mol. The fraction of sp³-hybridized carbons (Fsp3) is 0.111. The van der Waals surface area contributed by atoms with Gasteiger partial charge in [-0.25, -0.2) is 0 Å². The lowest BCUT2D eigenvalue weighted by Gasteiger charge is -2.25. The maximum absolute atomic E-state index is 2.40. The maximum Gasteiger partial charge on any atom is 0.0240 e. The van der Waals surface area contributed by atoms with Crippen LogP contribution in [-0.2, 0) is 13.1 Å². The molecule has 0 aliphatic carbocycles. The summed E-state index contributed by atoms with van der Waals surface area (Å²) in [4.78, 5) is 2.40. The highest BCUT2D eigenvalue weighted by molar-refractivity contribution is 7.79. The third kappa shape index (κ3) is 5.01. The molecule has 4 aromatic carbocycles. The van der Waals surface area contributed by atoms with Crippen LogP contribution in [0, 0.1) is 0 Å². The van der Waals surface area contributed by atoms with Gasteiger partial charge in [-0.1, -0.05) is 115 Å². The molecule has 0 atom stereocenters. The van der Waals surface area contributed by atoms with Gasteiger partial charge < -0.3 is 0 Å². The zero-order chi connectivity index (χ0) is 19.9. The average molecular weight is 395 g/mol. The molecule has 0 heterocycles. The van der Waals surface area contributed by atoms with E-state index in [9.17, 15) is 0 Å². The van der Waals surface area contributed by atoms with Crippen LogP contribution in [-0.4, -0.2) is 11.9 Å². The highest BCUT2D eigenvalue weighted by atomic mass is 31.1. The van der Waals surface area contributed by atoms with Crippen LogP contribution in [0.3, 0.4) is 0 Å². The van der Waals surface area contributed by atoms with Gasteiger partial charge in [0, 0.05) is 13.1 Å². The largest absolute Gasteiger partial charge is 0.298 e. The van der Waals surface area contributed by atoms with Crippen LogP contribution in [0.4, 0.5) is 0 Å². The molecule has 0 saturated heterocycles. The molecule has 0 aliphatic rings. The van der Waals surface area contributed by atoms with Gasteiger partial charge in [-0.2, -0.15) is 0 Å². The van der Waals surface area contributed by atoms with Gasteiger partial charge in [0.05, 0.1) is 0 Å². The van der Waals surface area contributed by atoms with Crippen LogP contribution in [0.1, 0.15) is 11.1 Å². The highest BCUT2D eigenvalue weighted by Crippen LogP contribution is 2.34. The van der Waals surface area contributed by atoms with Crippen molar-refractivity contribution in [3.05, 3.63) is 126 Å². The van der Waals surface area contributed by atoms with E-state index in [-0.39, 0.29) is 0 Å². The van der Waals surface area contributed by atoms with Gasteiger partial charge in [-0.3, -0.25) is 4.90 Å². The quantitative estimate of drug-likeness (QED) is 0.395. The first-order valence-corrected chi connectivity index (χ1v) is 11.4. The minimum atomic E-state index is -0.583. The van der Waals surface area contributed by atoms with Gasteiger partial charge in [-0.15, -0.1) is 0 Å². The molecule has 0 spiro atoms. The molecule has 4 rings (SSSR count). The molecule has 0 bridgehead atoms. The SMILES string of the molecule is CN(Cc1ccccc1)Cc1ccccc1P(c1ccccc1)c1ccccc1. The third-order valence-corrected chi connectivity index (χ3v) is 7.54. The van der Waals surface area contributed by atoms with Crippen molar-refractivity contribution in [2.45, 2.75) is 13.1 Å². The maximum atomic E-state index is 2.40. The molecule has 0 aliphatic heterocycles. The van der Waals surface area contributed by atoms with Gasteiger partial charge in [0.25, 0.3) is 0 Å². The normalized spacial score (nSPS) is 11.1. The van der Waals surface area contributed by atoms with Crippen LogP contribution in [0.5, 0.6) is 0 Å². The van der Waals surface area contributed by atoms with E-state index in [2.05, 4.69) is 127 Å². The first-order valence-electron chi connectivity index (χ1n) is 10.0. The van der Waals surface area contributed by atoms with Crippen LogP contribution in [0.15, 0.2) is 115 Å². The predicted octanol–water partition coefficient (Wildman–Crippen LogP) is 5.08. The minimum Gasteiger partial charge on any atom is -0.298 e. The van der Waals surface area contributed by atoms with Crippen molar-refractivity contribution in [3.8, 4) is 0 Å². The van der Waals surface area contributed by atoms with Crippen molar-refractivity contribution in [2.24, 2.45) is 0 Å². The molecular weight excluding hydrogens is 369 g/mol. The van der Waals surface area contributed by atoms with Crippen LogP contribution in [0.25, 0.3) is 0 Å². The van der Waals surface area contributed by atoms with E-state index in [1.54, 1.807) is 0 Å². The van der Waals surface area contributed by atoms with Gasteiger partial charge in [0.1, 0.15) is 0 Å². The summed E-state index contributed by atoms with van der Waals surface area (Å²) in [6.07, 6.45) is 0. The molecule has 29 heavy (non-hydrogen) atoms. The van der Waals surface area contributed by atoms with E-state index in [1.165, 1.54) is 27.0 Å². The van der Waals surface area contributed by atoms with Crippen LogP contribution >= 0.6 is 7.92 Å². The second kappa shape index (κ2) is 9.65. The van der Waals surface area contributed by atoms with Crippen molar-refractivity contribution in [3.63, 3.8) is 0 Å². The Balaban J connectivity index is 1.67.